The van der Waals surface area contributed by atoms with Crippen LogP contribution in [0.5, 0.6) is 0 Å². The van der Waals surface area contributed by atoms with Crippen LogP contribution in [0, 0.1) is 5.92 Å². The van der Waals surface area contributed by atoms with Crippen LogP contribution in [0.3, 0.4) is 0 Å². The van der Waals surface area contributed by atoms with E-state index >= 15 is 0 Å². The molecule has 2 heterocycles. The highest BCUT2D eigenvalue weighted by molar-refractivity contribution is 5.88. The van der Waals surface area contributed by atoms with E-state index in [0.29, 0.717) is 0 Å². The number of aromatic nitrogens is 2. The summed E-state index contributed by atoms with van der Waals surface area (Å²) in [7, 11) is 0. The smallest absolute Gasteiger partial charge is 0.267 e. The number of halogens is 2. The lowest BCUT2D eigenvalue weighted by Crippen LogP contribution is -2.43. The van der Waals surface area contributed by atoms with E-state index in [4.69, 9.17) is 0 Å². The molecule has 2 unspecified atom stereocenters. The molecule has 1 saturated carbocycles. The quantitative estimate of drug-likeness (QED) is 0.784. The highest BCUT2D eigenvalue weighted by Crippen LogP contribution is 2.47. The second kappa shape index (κ2) is 6.81. The first kappa shape index (κ1) is 18.5. The molecule has 6 nitrogen and oxygen atoms in total. The van der Waals surface area contributed by atoms with Crippen molar-refractivity contribution in [1.29, 1.82) is 0 Å². The summed E-state index contributed by atoms with van der Waals surface area (Å²) in [5.41, 5.74) is 1.02. The summed E-state index contributed by atoms with van der Waals surface area (Å²) in [5.74, 6) is -3.66. The standard InChI is InChI=1S/C18H24F2N4O2/c1-4-16(25)23-10-18(19,20)6-13(23)8-21-17(26)15-5-14(15)12-7-22-24(9-12)11(2)3/h4,7,9,11,13-15H,1,5-6,8,10H2,2-3H3,(H,21,26)/t13-,14?,15?/m0/s1. The summed E-state index contributed by atoms with van der Waals surface area (Å²) >= 11 is 0. The number of carbonyl (C=O) groups is 2. The predicted octanol–water partition coefficient (Wildman–Crippen LogP) is 2.11. The van der Waals surface area contributed by atoms with E-state index in [1.807, 2.05) is 24.7 Å². The van der Waals surface area contributed by atoms with Gasteiger partial charge in [-0.1, -0.05) is 6.58 Å². The Balaban J connectivity index is 1.54. The van der Waals surface area contributed by atoms with Gasteiger partial charge in [-0.25, -0.2) is 8.78 Å². The summed E-state index contributed by atoms with van der Waals surface area (Å²) < 4.78 is 29.1. The minimum Gasteiger partial charge on any atom is -0.354 e. The van der Waals surface area contributed by atoms with Gasteiger partial charge in [0.2, 0.25) is 11.8 Å². The van der Waals surface area contributed by atoms with Crippen LogP contribution in [0.25, 0.3) is 0 Å². The van der Waals surface area contributed by atoms with Gasteiger partial charge in [-0.3, -0.25) is 14.3 Å². The highest BCUT2D eigenvalue weighted by atomic mass is 19.3. The Morgan fingerprint density at radius 3 is 2.85 bits per heavy atom. The number of amides is 2. The van der Waals surface area contributed by atoms with Gasteiger partial charge >= 0.3 is 0 Å². The largest absolute Gasteiger partial charge is 0.354 e. The van der Waals surface area contributed by atoms with E-state index in [1.54, 1.807) is 6.20 Å². The zero-order valence-electron chi connectivity index (χ0n) is 15.0. The average molecular weight is 366 g/mol. The summed E-state index contributed by atoms with van der Waals surface area (Å²) in [5, 5.41) is 7.02. The Kier molecular flexibility index (Phi) is 4.86. The molecular formula is C18H24F2N4O2. The molecule has 2 aliphatic rings. The van der Waals surface area contributed by atoms with Crippen molar-refractivity contribution in [1.82, 2.24) is 20.0 Å². The zero-order valence-corrected chi connectivity index (χ0v) is 15.0. The van der Waals surface area contributed by atoms with Gasteiger partial charge in [-0.2, -0.15) is 5.10 Å². The van der Waals surface area contributed by atoms with Crippen molar-refractivity contribution in [2.24, 2.45) is 5.92 Å². The number of likely N-dealkylation sites (tertiary alicyclic amines) is 1. The molecule has 1 aromatic rings. The molecule has 142 valence electrons. The van der Waals surface area contributed by atoms with Crippen LogP contribution in [0.1, 0.15) is 44.2 Å². The fourth-order valence-corrected chi connectivity index (χ4v) is 3.48. The van der Waals surface area contributed by atoms with Crippen LogP contribution < -0.4 is 5.32 Å². The summed E-state index contributed by atoms with van der Waals surface area (Å²) in [4.78, 5) is 25.2. The van der Waals surface area contributed by atoms with Crippen molar-refractivity contribution in [3.05, 3.63) is 30.6 Å². The van der Waals surface area contributed by atoms with Gasteiger partial charge < -0.3 is 10.2 Å². The minimum absolute atomic E-state index is 0.0302. The fourth-order valence-electron chi connectivity index (χ4n) is 3.48. The third-order valence-corrected chi connectivity index (χ3v) is 5.05. The molecule has 0 spiro atoms. The molecule has 3 atom stereocenters. The summed E-state index contributed by atoms with van der Waals surface area (Å²) in [6, 6.07) is -0.451. The van der Waals surface area contributed by atoms with Gasteiger partial charge in [0.15, 0.2) is 0 Å². The predicted molar refractivity (Wildman–Crippen MR) is 91.7 cm³/mol. The molecule has 0 aromatic carbocycles. The van der Waals surface area contributed by atoms with Crippen LogP contribution in [0.2, 0.25) is 0 Å². The number of rotatable bonds is 6. The van der Waals surface area contributed by atoms with Crippen molar-refractivity contribution < 1.29 is 18.4 Å². The van der Waals surface area contributed by atoms with Crippen LogP contribution >= 0.6 is 0 Å². The topological polar surface area (TPSA) is 67.2 Å². The zero-order chi connectivity index (χ0) is 19.1. The van der Waals surface area contributed by atoms with E-state index in [-0.39, 0.29) is 30.3 Å². The van der Waals surface area contributed by atoms with Gasteiger partial charge in [-0.05, 0) is 37.8 Å². The minimum atomic E-state index is -2.93. The lowest BCUT2D eigenvalue weighted by atomic mass is 10.1. The third-order valence-electron chi connectivity index (χ3n) is 5.05. The number of carbonyl (C=O) groups excluding carboxylic acids is 2. The number of hydrogen-bond acceptors (Lipinski definition) is 3. The van der Waals surface area contributed by atoms with Crippen LogP contribution in [-0.2, 0) is 9.59 Å². The van der Waals surface area contributed by atoms with Crippen molar-refractivity contribution in [3.8, 4) is 0 Å². The Hall–Kier alpha value is -2.25. The maximum absolute atomic E-state index is 13.6. The third kappa shape index (κ3) is 3.78. The maximum atomic E-state index is 13.6. The van der Waals surface area contributed by atoms with Crippen molar-refractivity contribution in [2.45, 2.75) is 50.6 Å². The summed E-state index contributed by atoms with van der Waals surface area (Å²) in [6.45, 7) is 6.81. The molecule has 2 amide bonds. The molecule has 2 fully saturated rings. The first-order valence-corrected chi connectivity index (χ1v) is 8.84. The SMILES string of the molecule is C=CC(=O)N1CC(F)(F)C[C@H]1CNC(=O)C1CC1c1cnn(C(C)C)c1. The molecule has 1 aromatic heterocycles. The fraction of sp³-hybridized carbons (Fsp3) is 0.611. The van der Waals surface area contributed by atoms with E-state index in [0.717, 1.165) is 23.0 Å². The lowest BCUT2D eigenvalue weighted by Gasteiger charge is -2.22. The Labute approximate surface area is 151 Å². The molecule has 0 radical (unpaired) electrons. The molecule has 8 heteroatoms. The van der Waals surface area contributed by atoms with Gasteiger partial charge in [0.1, 0.15) is 0 Å². The van der Waals surface area contributed by atoms with Crippen molar-refractivity contribution in [2.75, 3.05) is 13.1 Å². The maximum Gasteiger partial charge on any atom is 0.267 e. The van der Waals surface area contributed by atoms with E-state index < -0.39 is 30.8 Å². The summed E-state index contributed by atoms with van der Waals surface area (Å²) in [6.07, 6.45) is 5.04. The average Bonchev–Trinajstić information content (AvgIpc) is 3.10. The van der Waals surface area contributed by atoms with Crippen molar-refractivity contribution in [3.63, 3.8) is 0 Å². The Morgan fingerprint density at radius 2 is 2.23 bits per heavy atom. The van der Waals surface area contributed by atoms with Crippen LogP contribution in [0.15, 0.2) is 25.0 Å². The highest BCUT2D eigenvalue weighted by Gasteiger charge is 2.48. The normalized spacial score (nSPS) is 26.8. The molecule has 1 aliphatic heterocycles. The number of nitrogens with zero attached hydrogens (tertiary/aromatic N) is 3. The van der Waals surface area contributed by atoms with Crippen molar-refractivity contribution >= 4 is 11.8 Å². The van der Waals surface area contributed by atoms with E-state index in [9.17, 15) is 18.4 Å². The lowest BCUT2D eigenvalue weighted by molar-refractivity contribution is -0.129. The Bertz CT molecular complexity index is 716. The molecule has 1 saturated heterocycles. The van der Waals surface area contributed by atoms with Gasteiger partial charge in [0, 0.05) is 31.1 Å². The van der Waals surface area contributed by atoms with E-state index in [1.165, 1.54) is 0 Å². The molecular weight excluding hydrogens is 342 g/mol. The molecule has 1 N–H and O–H groups in total. The number of alkyl halides is 2. The van der Waals surface area contributed by atoms with Gasteiger partial charge in [-0.15, -0.1) is 0 Å². The van der Waals surface area contributed by atoms with Crippen LogP contribution in [-0.4, -0.2) is 51.5 Å². The number of hydrogen-bond donors (Lipinski definition) is 1. The second-order valence-corrected chi connectivity index (χ2v) is 7.43. The number of nitrogens with one attached hydrogen (secondary N) is 1. The molecule has 3 rings (SSSR count). The van der Waals surface area contributed by atoms with E-state index in [2.05, 4.69) is 17.0 Å². The first-order valence-electron chi connectivity index (χ1n) is 8.84. The molecule has 1 aliphatic carbocycles. The molecule has 26 heavy (non-hydrogen) atoms. The van der Waals surface area contributed by atoms with Crippen LogP contribution in [0.4, 0.5) is 8.78 Å². The monoisotopic (exact) mass is 366 g/mol. The van der Waals surface area contributed by atoms with Gasteiger partial charge in [0.05, 0.1) is 18.8 Å². The first-order chi connectivity index (χ1) is 12.2. The van der Waals surface area contributed by atoms with Gasteiger partial charge in [0.25, 0.3) is 5.92 Å². The second-order valence-electron chi connectivity index (χ2n) is 7.43. The Morgan fingerprint density at radius 1 is 1.50 bits per heavy atom. The molecule has 0 bridgehead atoms.